The number of aromatic nitrogens is 4. The van der Waals surface area contributed by atoms with Crippen LogP contribution in [0.5, 0.6) is 5.88 Å². The van der Waals surface area contributed by atoms with E-state index in [1.165, 1.54) is 19.4 Å². The Morgan fingerprint density at radius 1 is 1.36 bits per heavy atom. The van der Waals surface area contributed by atoms with Crippen molar-refractivity contribution in [3.8, 4) is 5.88 Å². The maximum absolute atomic E-state index is 12.4. The molecule has 150 valence electrons. The van der Waals surface area contributed by atoms with Gasteiger partial charge in [0.15, 0.2) is 0 Å². The van der Waals surface area contributed by atoms with Gasteiger partial charge in [0.25, 0.3) is 5.91 Å². The van der Waals surface area contributed by atoms with Crippen LogP contribution < -0.4 is 15.4 Å². The third kappa shape index (κ3) is 5.03. The summed E-state index contributed by atoms with van der Waals surface area (Å²) in [4.78, 5) is 28.7. The van der Waals surface area contributed by atoms with Crippen molar-refractivity contribution in [2.24, 2.45) is 5.92 Å². The van der Waals surface area contributed by atoms with E-state index in [9.17, 15) is 14.7 Å². The molecule has 10 heteroatoms. The molecule has 2 heterocycles. The highest BCUT2D eigenvalue weighted by molar-refractivity contribution is 5.94. The average Bonchev–Trinajstić information content (AvgIpc) is 3.35. The van der Waals surface area contributed by atoms with Gasteiger partial charge in [0, 0.05) is 43.0 Å². The molecule has 1 aliphatic rings. The quantitative estimate of drug-likeness (QED) is 0.532. The van der Waals surface area contributed by atoms with Crippen LogP contribution >= 0.6 is 0 Å². The molecule has 0 radical (unpaired) electrons. The van der Waals surface area contributed by atoms with Crippen molar-refractivity contribution >= 4 is 11.8 Å². The van der Waals surface area contributed by atoms with Gasteiger partial charge in [-0.1, -0.05) is 5.21 Å². The van der Waals surface area contributed by atoms with E-state index in [1.54, 1.807) is 23.1 Å². The normalized spacial score (nSPS) is 21.3. The van der Waals surface area contributed by atoms with Crippen molar-refractivity contribution in [2.45, 2.75) is 38.0 Å². The molecule has 1 saturated carbocycles. The zero-order chi connectivity index (χ0) is 19.9. The van der Waals surface area contributed by atoms with Crippen LogP contribution in [0.25, 0.3) is 0 Å². The second-order valence-corrected chi connectivity index (χ2v) is 6.71. The summed E-state index contributed by atoms with van der Waals surface area (Å²) in [6.45, 7) is 1.18. The molecule has 0 saturated heterocycles. The van der Waals surface area contributed by atoms with E-state index in [0.717, 1.165) is 6.42 Å². The highest BCUT2D eigenvalue weighted by Gasteiger charge is 2.37. The summed E-state index contributed by atoms with van der Waals surface area (Å²) in [5, 5.41) is 23.5. The molecule has 3 atom stereocenters. The summed E-state index contributed by atoms with van der Waals surface area (Å²) in [5.74, 6) is -0.444. The lowest BCUT2D eigenvalue weighted by molar-refractivity contribution is -0.125. The van der Waals surface area contributed by atoms with Gasteiger partial charge in [0.05, 0.1) is 25.5 Å². The van der Waals surface area contributed by atoms with Crippen LogP contribution in [-0.4, -0.2) is 62.7 Å². The number of carbonyl (C=O) groups is 2. The van der Waals surface area contributed by atoms with Crippen LogP contribution in [0.15, 0.2) is 30.7 Å². The third-order valence-corrected chi connectivity index (χ3v) is 4.76. The molecule has 0 bridgehead atoms. The molecule has 1 aliphatic carbocycles. The molecule has 2 aromatic rings. The molecular formula is C18H24N6O4. The summed E-state index contributed by atoms with van der Waals surface area (Å²) in [5.41, 5.74) is 0.389. The van der Waals surface area contributed by atoms with Gasteiger partial charge in [-0.2, -0.15) is 0 Å². The maximum Gasteiger partial charge on any atom is 0.251 e. The van der Waals surface area contributed by atoms with Crippen molar-refractivity contribution < 1.29 is 19.4 Å². The molecule has 3 rings (SSSR count). The first-order valence-corrected chi connectivity index (χ1v) is 9.17. The molecule has 0 aromatic carbocycles. The molecule has 2 aromatic heterocycles. The number of aryl methyl sites for hydroxylation is 1. The molecule has 3 N–H and O–H groups in total. The number of pyridine rings is 1. The minimum Gasteiger partial charge on any atom is -0.481 e. The number of aliphatic hydroxyl groups is 1. The highest BCUT2D eigenvalue weighted by atomic mass is 16.5. The van der Waals surface area contributed by atoms with Crippen molar-refractivity contribution in [1.82, 2.24) is 30.6 Å². The second kappa shape index (κ2) is 9.27. The van der Waals surface area contributed by atoms with Gasteiger partial charge in [0.1, 0.15) is 0 Å². The fourth-order valence-corrected chi connectivity index (χ4v) is 3.25. The van der Waals surface area contributed by atoms with Gasteiger partial charge in [0.2, 0.25) is 11.8 Å². The summed E-state index contributed by atoms with van der Waals surface area (Å²) in [6, 6.07) is 2.62. The average molecular weight is 388 g/mol. The Balaban J connectivity index is 1.45. The first-order valence-electron chi connectivity index (χ1n) is 9.17. The van der Waals surface area contributed by atoms with Crippen LogP contribution in [-0.2, 0) is 11.3 Å². The number of ether oxygens (including phenoxy) is 1. The lowest BCUT2D eigenvalue weighted by Crippen LogP contribution is -2.40. The Morgan fingerprint density at radius 3 is 2.96 bits per heavy atom. The number of nitrogens with zero attached hydrogens (tertiary/aromatic N) is 4. The SMILES string of the molecule is COc1cc(C(=O)N[C@@H]2C[C@H](C(=O)NCCCn3ccnn3)C[C@H]2O)ccn1. The Morgan fingerprint density at radius 2 is 2.21 bits per heavy atom. The first-order chi connectivity index (χ1) is 13.6. The van der Waals surface area contributed by atoms with Crippen LogP contribution in [0.2, 0.25) is 0 Å². The smallest absolute Gasteiger partial charge is 0.251 e. The number of hydrogen-bond donors (Lipinski definition) is 3. The minimum atomic E-state index is -0.765. The van der Waals surface area contributed by atoms with Crippen LogP contribution in [0, 0.1) is 5.92 Å². The van der Waals surface area contributed by atoms with Gasteiger partial charge in [-0.3, -0.25) is 14.3 Å². The fourth-order valence-electron chi connectivity index (χ4n) is 3.25. The van der Waals surface area contributed by atoms with E-state index in [2.05, 4.69) is 25.9 Å². The standard InChI is InChI=1S/C18H24N6O4/c1-28-16-11-12(3-5-19-16)18(27)22-14-9-13(10-15(14)25)17(26)20-4-2-7-24-8-6-21-23-24/h3,5-6,8,11,13-15,25H,2,4,7,9-10H2,1H3,(H,20,26)(H,22,27)/t13-,14+,15+/m0/s1. The van der Waals surface area contributed by atoms with Crippen molar-refractivity contribution in [3.63, 3.8) is 0 Å². The molecule has 0 aliphatic heterocycles. The van der Waals surface area contributed by atoms with Crippen LogP contribution in [0.1, 0.15) is 29.6 Å². The lowest BCUT2D eigenvalue weighted by atomic mass is 10.1. The minimum absolute atomic E-state index is 0.111. The van der Waals surface area contributed by atoms with Crippen molar-refractivity contribution in [3.05, 3.63) is 36.3 Å². The van der Waals surface area contributed by atoms with Crippen LogP contribution in [0.4, 0.5) is 0 Å². The number of rotatable bonds is 8. The highest BCUT2D eigenvalue weighted by Crippen LogP contribution is 2.26. The summed E-state index contributed by atoms with van der Waals surface area (Å²) >= 11 is 0. The number of carbonyl (C=O) groups excluding carboxylic acids is 2. The van der Waals surface area contributed by atoms with Gasteiger partial charge in [-0.15, -0.1) is 5.10 Å². The second-order valence-electron chi connectivity index (χ2n) is 6.71. The molecule has 2 amide bonds. The van der Waals surface area contributed by atoms with Gasteiger partial charge >= 0.3 is 0 Å². The van der Waals surface area contributed by atoms with Gasteiger partial charge in [-0.25, -0.2) is 4.98 Å². The molecule has 0 spiro atoms. The molecule has 10 nitrogen and oxygen atoms in total. The van der Waals surface area contributed by atoms with Gasteiger partial charge in [-0.05, 0) is 25.3 Å². The maximum atomic E-state index is 12.4. The third-order valence-electron chi connectivity index (χ3n) is 4.76. The predicted octanol–water partition coefficient (Wildman–Crippen LogP) is -0.242. The van der Waals surface area contributed by atoms with E-state index in [0.29, 0.717) is 37.4 Å². The Kier molecular flexibility index (Phi) is 6.53. The number of methoxy groups -OCH3 is 1. The first kappa shape index (κ1) is 19.7. The number of hydrogen-bond acceptors (Lipinski definition) is 7. The van der Waals surface area contributed by atoms with Gasteiger partial charge < -0.3 is 20.5 Å². The van der Waals surface area contributed by atoms with Crippen molar-refractivity contribution in [1.29, 1.82) is 0 Å². The topological polar surface area (TPSA) is 131 Å². The number of amides is 2. The van der Waals surface area contributed by atoms with E-state index in [1.807, 2.05) is 0 Å². The van der Waals surface area contributed by atoms with Crippen LogP contribution in [0.3, 0.4) is 0 Å². The number of nitrogens with one attached hydrogen (secondary N) is 2. The molecular weight excluding hydrogens is 364 g/mol. The lowest BCUT2D eigenvalue weighted by Gasteiger charge is -2.16. The Bertz CT molecular complexity index is 797. The zero-order valence-electron chi connectivity index (χ0n) is 15.6. The Labute approximate surface area is 162 Å². The largest absolute Gasteiger partial charge is 0.481 e. The molecule has 0 unspecified atom stereocenters. The zero-order valence-corrected chi connectivity index (χ0v) is 15.6. The fraction of sp³-hybridized carbons (Fsp3) is 0.500. The summed E-state index contributed by atoms with van der Waals surface area (Å²) < 4.78 is 6.71. The summed E-state index contributed by atoms with van der Waals surface area (Å²) in [6.07, 6.45) is 5.53. The predicted molar refractivity (Wildman–Crippen MR) is 98.4 cm³/mol. The molecule has 28 heavy (non-hydrogen) atoms. The van der Waals surface area contributed by atoms with Crippen molar-refractivity contribution in [2.75, 3.05) is 13.7 Å². The monoisotopic (exact) mass is 388 g/mol. The molecule has 1 fully saturated rings. The number of aliphatic hydroxyl groups excluding tert-OH is 1. The van der Waals surface area contributed by atoms with E-state index >= 15 is 0 Å². The van der Waals surface area contributed by atoms with E-state index < -0.39 is 12.1 Å². The Hall–Kier alpha value is -3.01. The van der Waals surface area contributed by atoms with E-state index in [4.69, 9.17) is 4.74 Å². The summed E-state index contributed by atoms with van der Waals surface area (Å²) in [7, 11) is 1.47. The van der Waals surface area contributed by atoms with E-state index in [-0.39, 0.29) is 17.7 Å².